The maximum atomic E-state index is 13.0. The van der Waals surface area contributed by atoms with Gasteiger partial charge in [-0.2, -0.15) is 0 Å². The second kappa shape index (κ2) is 11.9. The van der Waals surface area contributed by atoms with E-state index in [0.29, 0.717) is 47.1 Å². The fourth-order valence-electron chi connectivity index (χ4n) is 3.45. The molecule has 178 valence electrons. The van der Waals surface area contributed by atoms with Gasteiger partial charge in [0.05, 0.1) is 28.3 Å². The van der Waals surface area contributed by atoms with Crippen LogP contribution in [0.25, 0.3) is 0 Å². The number of carbonyl (C=O) groups excluding carboxylic acids is 1. The van der Waals surface area contributed by atoms with E-state index >= 15 is 0 Å². The molecule has 1 N–H and O–H groups in total. The van der Waals surface area contributed by atoms with Crippen LogP contribution in [-0.4, -0.2) is 29.6 Å². The van der Waals surface area contributed by atoms with Gasteiger partial charge >= 0.3 is 5.97 Å². The van der Waals surface area contributed by atoms with Crippen molar-refractivity contribution >= 4 is 35.0 Å². The van der Waals surface area contributed by atoms with E-state index < -0.39 is 5.97 Å². The van der Waals surface area contributed by atoms with Gasteiger partial charge in [-0.15, -0.1) is 0 Å². The smallest absolute Gasteiger partial charge is 0.303 e. The number of halogens is 2. The van der Waals surface area contributed by atoms with Crippen LogP contribution in [-0.2, 0) is 11.2 Å². The molecule has 0 fully saturated rings. The molecule has 0 aliphatic carbocycles. The Bertz CT molecular complexity index is 1160. The Morgan fingerprint density at radius 2 is 1.71 bits per heavy atom. The number of benzene rings is 3. The molecule has 0 aromatic heterocycles. The maximum Gasteiger partial charge on any atom is 0.303 e. The molecule has 0 aliphatic rings. The predicted molar refractivity (Wildman–Crippen MR) is 134 cm³/mol. The molecular formula is C27H26Cl2O5. The summed E-state index contributed by atoms with van der Waals surface area (Å²) in [5, 5.41) is 9.45. The topological polar surface area (TPSA) is 72.8 Å². The van der Waals surface area contributed by atoms with E-state index in [4.69, 9.17) is 37.8 Å². The van der Waals surface area contributed by atoms with E-state index in [1.54, 1.807) is 30.3 Å². The fourth-order valence-corrected chi connectivity index (χ4v) is 3.76. The van der Waals surface area contributed by atoms with Crippen molar-refractivity contribution in [2.24, 2.45) is 0 Å². The highest BCUT2D eigenvalue weighted by atomic mass is 35.5. The van der Waals surface area contributed by atoms with Crippen LogP contribution in [0.2, 0.25) is 10.0 Å². The fraction of sp³-hybridized carbons (Fsp3) is 0.259. The summed E-state index contributed by atoms with van der Waals surface area (Å²) in [7, 11) is 0. The van der Waals surface area contributed by atoms with Gasteiger partial charge in [-0.3, -0.25) is 9.59 Å². The largest absolute Gasteiger partial charge is 0.493 e. The molecule has 7 heteroatoms. The lowest BCUT2D eigenvalue weighted by Crippen LogP contribution is -2.17. The van der Waals surface area contributed by atoms with Crippen LogP contribution in [0.1, 0.15) is 46.8 Å². The highest BCUT2D eigenvalue weighted by Gasteiger charge is 2.19. The van der Waals surface area contributed by atoms with Gasteiger partial charge in [0.1, 0.15) is 11.5 Å². The molecule has 0 spiro atoms. The van der Waals surface area contributed by atoms with E-state index in [1.807, 2.05) is 38.1 Å². The number of hydrogen-bond donors (Lipinski definition) is 1. The number of hydrogen-bond acceptors (Lipinski definition) is 4. The number of aliphatic carboxylic acids is 1. The lowest BCUT2D eigenvalue weighted by Gasteiger charge is -2.18. The van der Waals surface area contributed by atoms with Gasteiger partial charge in [-0.25, -0.2) is 0 Å². The number of ether oxygens (including phenoxy) is 2. The van der Waals surface area contributed by atoms with E-state index in [9.17, 15) is 9.59 Å². The Morgan fingerprint density at radius 1 is 1.00 bits per heavy atom. The molecular weight excluding hydrogens is 475 g/mol. The zero-order valence-corrected chi connectivity index (χ0v) is 20.5. The predicted octanol–water partition coefficient (Wildman–Crippen LogP) is 6.79. The van der Waals surface area contributed by atoms with Crippen molar-refractivity contribution in [1.82, 2.24) is 0 Å². The molecule has 0 aliphatic heterocycles. The number of rotatable bonds is 11. The zero-order chi connectivity index (χ0) is 24.7. The number of carboxylic acid groups (broad SMARTS) is 1. The van der Waals surface area contributed by atoms with E-state index in [-0.39, 0.29) is 23.3 Å². The molecule has 0 heterocycles. The third-order valence-corrected chi connectivity index (χ3v) is 6.07. The summed E-state index contributed by atoms with van der Waals surface area (Å²) in [4.78, 5) is 23.8. The maximum absolute atomic E-state index is 13.0. The third-order valence-electron chi connectivity index (χ3n) is 5.35. The molecule has 0 saturated carbocycles. The second-order valence-electron chi connectivity index (χ2n) is 8.01. The van der Waals surface area contributed by atoms with Crippen LogP contribution in [0.5, 0.6) is 11.5 Å². The molecule has 1 atom stereocenters. The Hall–Kier alpha value is -3.02. The molecule has 1 unspecified atom stereocenters. The first-order chi connectivity index (χ1) is 16.2. The molecule has 0 radical (unpaired) electrons. The average molecular weight is 501 g/mol. The summed E-state index contributed by atoms with van der Waals surface area (Å²) in [5.41, 5.74) is 2.86. The van der Waals surface area contributed by atoms with Crippen molar-refractivity contribution in [3.63, 3.8) is 0 Å². The number of ketones is 1. The van der Waals surface area contributed by atoms with Gasteiger partial charge in [0, 0.05) is 24.5 Å². The second-order valence-corrected chi connectivity index (χ2v) is 8.82. The van der Waals surface area contributed by atoms with Gasteiger partial charge in [0.2, 0.25) is 0 Å². The molecule has 3 aromatic carbocycles. The summed E-state index contributed by atoms with van der Waals surface area (Å²) in [6.45, 7) is 4.23. The van der Waals surface area contributed by atoms with E-state index in [0.717, 1.165) is 11.1 Å². The van der Waals surface area contributed by atoms with E-state index in [1.165, 1.54) is 6.07 Å². The minimum Gasteiger partial charge on any atom is -0.493 e. The monoisotopic (exact) mass is 500 g/mol. The lowest BCUT2D eigenvalue weighted by atomic mass is 10.0. The Balaban J connectivity index is 1.62. The normalized spacial score (nSPS) is 11.6. The van der Waals surface area contributed by atoms with Crippen LogP contribution < -0.4 is 9.47 Å². The van der Waals surface area contributed by atoms with Crippen molar-refractivity contribution in [3.05, 3.63) is 93.0 Å². The van der Waals surface area contributed by atoms with Crippen molar-refractivity contribution in [1.29, 1.82) is 0 Å². The summed E-state index contributed by atoms with van der Waals surface area (Å²) < 4.78 is 11.9. The first-order valence-electron chi connectivity index (χ1n) is 10.9. The summed E-state index contributed by atoms with van der Waals surface area (Å²) >= 11 is 12.4. The molecule has 5 nitrogen and oxygen atoms in total. The summed E-state index contributed by atoms with van der Waals surface area (Å²) in [6.07, 6.45) is 0.897. The van der Waals surface area contributed by atoms with E-state index in [2.05, 4.69) is 0 Å². The first-order valence-corrected chi connectivity index (χ1v) is 11.7. The van der Waals surface area contributed by atoms with Crippen molar-refractivity contribution in [2.75, 3.05) is 6.61 Å². The molecule has 34 heavy (non-hydrogen) atoms. The van der Waals surface area contributed by atoms with Crippen LogP contribution in [0.15, 0.2) is 60.7 Å². The Labute approximate surface area is 209 Å². The highest BCUT2D eigenvalue weighted by molar-refractivity contribution is 6.42. The van der Waals surface area contributed by atoms with Crippen LogP contribution in [0.3, 0.4) is 0 Å². The zero-order valence-electron chi connectivity index (χ0n) is 19.0. The molecule has 0 saturated heterocycles. The molecule has 3 aromatic rings. The summed E-state index contributed by atoms with van der Waals surface area (Å²) in [6, 6.07) is 17.6. The highest BCUT2D eigenvalue weighted by Crippen LogP contribution is 2.33. The standard InChI is InChI=1S/C27H26Cl2O5/c1-17-14-21(10-8-19(17)9-11-26(30)31)33-13-12-18(2)34-25-16-24(29)23(28)15-22(25)27(32)20-6-4-3-5-7-20/h3-8,10,14-16,18H,9,11-13H2,1-2H3,(H,30,31). The number of aryl methyl sites for hydroxylation is 2. The van der Waals surface area contributed by atoms with Gasteiger partial charge in [0.25, 0.3) is 0 Å². The van der Waals surface area contributed by atoms with Crippen LogP contribution in [0, 0.1) is 6.92 Å². The van der Waals surface area contributed by atoms with Gasteiger partial charge < -0.3 is 14.6 Å². The minimum atomic E-state index is -0.815. The van der Waals surface area contributed by atoms with Gasteiger partial charge in [-0.1, -0.05) is 59.6 Å². The van der Waals surface area contributed by atoms with Gasteiger partial charge in [-0.05, 0) is 49.6 Å². The van der Waals surface area contributed by atoms with Crippen molar-refractivity contribution < 1.29 is 24.2 Å². The van der Waals surface area contributed by atoms with Crippen molar-refractivity contribution in [2.45, 2.75) is 39.2 Å². The van der Waals surface area contributed by atoms with Crippen LogP contribution in [0.4, 0.5) is 0 Å². The summed E-state index contributed by atoms with van der Waals surface area (Å²) in [5.74, 6) is 0.0630. The van der Waals surface area contributed by atoms with Crippen molar-refractivity contribution in [3.8, 4) is 11.5 Å². The quantitative estimate of drug-likeness (QED) is 0.293. The molecule has 3 rings (SSSR count). The molecule has 0 bridgehead atoms. The molecule has 0 amide bonds. The van der Waals surface area contributed by atoms with Gasteiger partial charge in [0.15, 0.2) is 5.78 Å². The third kappa shape index (κ3) is 6.99. The Kier molecular flexibility index (Phi) is 8.97. The van der Waals surface area contributed by atoms with Crippen LogP contribution >= 0.6 is 23.2 Å². The lowest BCUT2D eigenvalue weighted by molar-refractivity contribution is -0.136. The first kappa shape index (κ1) is 25.6. The number of carbonyl (C=O) groups is 2. The minimum absolute atomic E-state index is 0.0966. The Morgan fingerprint density at radius 3 is 2.38 bits per heavy atom. The number of carboxylic acids is 1. The average Bonchev–Trinajstić information content (AvgIpc) is 2.80. The SMILES string of the molecule is Cc1cc(OCCC(C)Oc2cc(Cl)c(Cl)cc2C(=O)c2ccccc2)ccc1CCC(=O)O.